The molecule has 1 atom stereocenters. The predicted octanol–water partition coefficient (Wildman–Crippen LogP) is 3.40. The molecule has 158 valence electrons. The summed E-state index contributed by atoms with van der Waals surface area (Å²) in [6.07, 6.45) is -5.14. The molecule has 0 unspecified atom stereocenters. The van der Waals surface area contributed by atoms with Crippen LogP contribution in [-0.4, -0.2) is 60.3 Å². The number of benzene rings is 2. The summed E-state index contributed by atoms with van der Waals surface area (Å²) in [5, 5.41) is 10.2. The van der Waals surface area contributed by atoms with Gasteiger partial charge in [-0.1, -0.05) is 18.2 Å². The standard InChI is InChI=1S/C21H24F4N2O2/c22-20-4-2-1-3-16(20)13-26-9-11-27(12-10-26)14-18(28)15-29-19-7-5-17(6-8-19)21(23,24)25/h1-8,18,28H,9-15H2/t18-/m0/s1. The van der Waals surface area contributed by atoms with Gasteiger partial charge in [-0.3, -0.25) is 9.80 Å². The van der Waals surface area contributed by atoms with Crippen molar-refractivity contribution in [1.29, 1.82) is 0 Å². The number of rotatable bonds is 7. The summed E-state index contributed by atoms with van der Waals surface area (Å²) in [7, 11) is 0. The van der Waals surface area contributed by atoms with Gasteiger partial charge in [0.25, 0.3) is 0 Å². The number of nitrogens with zero attached hydrogens (tertiary/aromatic N) is 2. The molecule has 1 aliphatic rings. The number of aliphatic hydroxyl groups is 1. The van der Waals surface area contributed by atoms with E-state index in [1.54, 1.807) is 12.1 Å². The monoisotopic (exact) mass is 412 g/mol. The quantitative estimate of drug-likeness (QED) is 0.708. The number of halogens is 4. The molecule has 0 aliphatic carbocycles. The first-order valence-electron chi connectivity index (χ1n) is 9.47. The van der Waals surface area contributed by atoms with Gasteiger partial charge in [0.1, 0.15) is 24.3 Å². The molecule has 0 saturated carbocycles. The summed E-state index contributed by atoms with van der Waals surface area (Å²) in [5.74, 6) is 0.0810. The van der Waals surface area contributed by atoms with Crippen LogP contribution in [0.25, 0.3) is 0 Å². The normalized spacial score (nSPS) is 17.3. The average molecular weight is 412 g/mol. The van der Waals surface area contributed by atoms with Gasteiger partial charge in [-0.05, 0) is 30.3 Å². The Labute approximate surface area is 167 Å². The van der Waals surface area contributed by atoms with Crippen LogP contribution in [0.1, 0.15) is 11.1 Å². The van der Waals surface area contributed by atoms with E-state index in [2.05, 4.69) is 9.80 Å². The van der Waals surface area contributed by atoms with Crippen molar-refractivity contribution in [2.24, 2.45) is 0 Å². The average Bonchev–Trinajstić information content (AvgIpc) is 2.69. The van der Waals surface area contributed by atoms with Gasteiger partial charge in [0.05, 0.1) is 5.56 Å². The first-order valence-corrected chi connectivity index (χ1v) is 9.47. The number of ether oxygens (including phenoxy) is 1. The van der Waals surface area contributed by atoms with Crippen molar-refractivity contribution in [3.05, 3.63) is 65.5 Å². The van der Waals surface area contributed by atoms with Gasteiger partial charge in [-0.2, -0.15) is 13.2 Å². The Bertz CT molecular complexity index is 775. The minimum atomic E-state index is -4.38. The van der Waals surface area contributed by atoms with Crippen molar-refractivity contribution in [3.63, 3.8) is 0 Å². The Hall–Kier alpha value is -2.16. The number of hydrogen-bond acceptors (Lipinski definition) is 4. The maximum atomic E-state index is 13.8. The van der Waals surface area contributed by atoms with Gasteiger partial charge < -0.3 is 9.84 Å². The largest absolute Gasteiger partial charge is 0.491 e. The van der Waals surface area contributed by atoms with Gasteiger partial charge in [0.2, 0.25) is 0 Å². The van der Waals surface area contributed by atoms with Crippen LogP contribution in [0.15, 0.2) is 48.5 Å². The number of aliphatic hydroxyl groups excluding tert-OH is 1. The highest BCUT2D eigenvalue weighted by Gasteiger charge is 2.30. The number of piperazine rings is 1. The van der Waals surface area contributed by atoms with Crippen LogP contribution in [0.4, 0.5) is 17.6 Å². The molecule has 1 heterocycles. The van der Waals surface area contributed by atoms with Gasteiger partial charge in [0.15, 0.2) is 0 Å². The Kier molecular flexibility index (Phi) is 7.10. The maximum Gasteiger partial charge on any atom is 0.416 e. The molecule has 4 nitrogen and oxygen atoms in total. The third-order valence-corrected chi connectivity index (χ3v) is 4.91. The minimum absolute atomic E-state index is 0.000799. The number of hydrogen-bond donors (Lipinski definition) is 1. The molecule has 2 aromatic carbocycles. The maximum absolute atomic E-state index is 13.8. The molecule has 1 saturated heterocycles. The highest BCUT2D eigenvalue weighted by molar-refractivity contribution is 5.28. The lowest BCUT2D eigenvalue weighted by molar-refractivity contribution is -0.137. The molecule has 1 fully saturated rings. The molecule has 3 rings (SSSR count). The molecule has 1 aliphatic heterocycles. The predicted molar refractivity (Wildman–Crippen MR) is 101 cm³/mol. The zero-order chi connectivity index (χ0) is 20.9. The van der Waals surface area contributed by atoms with E-state index in [4.69, 9.17) is 4.74 Å². The molecule has 29 heavy (non-hydrogen) atoms. The fourth-order valence-corrected chi connectivity index (χ4v) is 3.28. The third-order valence-electron chi connectivity index (χ3n) is 4.91. The van der Waals surface area contributed by atoms with Crippen molar-refractivity contribution in [2.45, 2.75) is 18.8 Å². The van der Waals surface area contributed by atoms with E-state index in [0.29, 0.717) is 18.7 Å². The lowest BCUT2D eigenvalue weighted by Crippen LogP contribution is -2.48. The molecule has 0 radical (unpaired) electrons. The van der Waals surface area contributed by atoms with Crippen LogP contribution in [0.5, 0.6) is 5.75 Å². The second-order valence-electron chi connectivity index (χ2n) is 7.16. The van der Waals surface area contributed by atoms with Crippen molar-refractivity contribution in [3.8, 4) is 5.75 Å². The van der Waals surface area contributed by atoms with E-state index >= 15 is 0 Å². The van der Waals surface area contributed by atoms with Gasteiger partial charge in [-0.15, -0.1) is 0 Å². The molecule has 2 aromatic rings. The first-order chi connectivity index (χ1) is 13.8. The smallest absolute Gasteiger partial charge is 0.416 e. The van der Waals surface area contributed by atoms with Gasteiger partial charge in [-0.25, -0.2) is 4.39 Å². The molecule has 0 aromatic heterocycles. The van der Waals surface area contributed by atoms with Crippen LogP contribution < -0.4 is 4.74 Å². The molecular weight excluding hydrogens is 388 g/mol. The first kappa shape index (κ1) is 21.5. The minimum Gasteiger partial charge on any atom is -0.491 e. The van der Waals surface area contributed by atoms with Crippen LogP contribution in [-0.2, 0) is 12.7 Å². The molecule has 8 heteroatoms. The van der Waals surface area contributed by atoms with Crippen LogP contribution in [0.3, 0.4) is 0 Å². The Morgan fingerprint density at radius 3 is 2.17 bits per heavy atom. The summed E-state index contributed by atoms with van der Waals surface area (Å²) in [4.78, 5) is 4.26. The fourth-order valence-electron chi connectivity index (χ4n) is 3.28. The summed E-state index contributed by atoms with van der Waals surface area (Å²) in [5.41, 5.74) is -0.0652. The highest BCUT2D eigenvalue weighted by Crippen LogP contribution is 2.30. The molecule has 0 spiro atoms. The van der Waals surface area contributed by atoms with Crippen LogP contribution in [0.2, 0.25) is 0 Å². The summed E-state index contributed by atoms with van der Waals surface area (Å²) in [6.45, 7) is 3.98. The lowest BCUT2D eigenvalue weighted by Gasteiger charge is -2.35. The van der Waals surface area contributed by atoms with Crippen LogP contribution in [0, 0.1) is 5.82 Å². The molecule has 0 amide bonds. The second kappa shape index (κ2) is 9.56. The molecule has 0 bridgehead atoms. The van der Waals surface area contributed by atoms with Crippen molar-refractivity contribution in [2.75, 3.05) is 39.3 Å². The summed E-state index contributed by atoms with van der Waals surface area (Å²) < 4.78 is 56.8. The summed E-state index contributed by atoms with van der Waals surface area (Å²) in [6, 6.07) is 11.1. The number of alkyl halides is 3. The Morgan fingerprint density at radius 1 is 0.931 bits per heavy atom. The van der Waals surface area contributed by atoms with E-state index in [9.17, 15) is 22.7 Å². The third kappa shape index (κ3) is 6.42. The Balaban J connectivity index is 1.38. The van der Waals surface area contributed by atoms with E-state index in [1.165, 1.54) is 18.2 Å². The zero-order valence-electron chi connectivity index (χ0n) is 15.9. The summed E-state index contributed by atoms with van der Waals surface area (Å²) >= 11 is 0. The molecular formula is C21H24F4N2O2. The van der Waals surface area contributed by atoms with Gasteiger partial charge >= 0.3 is 6.18 Å². The van der Waals surface area contributed by atoms with E-state index in [1.807, 2.05) is 6.07 Å². The van der Waals surface area contributed by atoms with E-state index in [-0.39, 0.29) is 18.2 Å². The SMILES string of the molecule is O[C@H](COc1ccc(C(F)(F)F)cc1)CN1CCN(Cc2ccccc2F)CC1. The number of β-amino-alcohol motifs (C(OH)–C–C–N with tert-alkyl or cyclic N) is 1. The Morgan fingerprint density at radius 2 is 1.55 bits per heavy atom. The van der Waals surface area contributed by atoms with Crippen molar-refractivity contribution in [1.82, 2.24) is 9.80 Å². The highest BCUT2D eigenvalue weighted by atomic mass is 19.4. The molecule has 1 N–H and O–H groups in total. The van der Waals surface area contributed by atoms with E-state index < -0.39 is 17.8 Å². The topological polar surface area (TPSA) is 35.9 Å². The second-order valence-corrected chi connectivity index (χ2v) is 7.16. The fraction of sp³-hybridized carbons (Fsp3) is 0.429. The lowest BCUT2D eigenvalue weighted by atomic mass is 10.2. The van der Waals surface area contributed by atoms with Crippen LogP contribution >= 0.6 is 0 Å². The van der Waals surface area contributed by atoms with E-state index in [0.717, 1.165) is 38.3 Å². The van der Waals surface area contributed by atoms with Crippen molar-refractivity contribution < 1.29 is 27.4 Å². The zero-order valence-corrected chi connectivity index (χ0v) is 15.9. The van der Waals surface area contributed by atoms with Crippen molar-refractivity contribution >= 4 is 0 Å². The van der Waals surface area contributed by atoms with Gasteiger partial charge in [0, 0.05) is 44.8 Å².